The number of furan rings is 1. The zero-order valence-corrected chi connectivity index (χ0v) is 36.9. The average molecular weight is 884 g/mol. The van der Waals surface area contributed by atoms with Gasteiger partial charge >= 0.3 is 0 Å². The molecule has 14 rings (SSSR count). The van der Waals surface area contributed by atoms with E-state index >= 15 is 0 Å². The molecule has 0 amide bonds. The van der Waals surface area contributed by atoms with Crippen LogP contribution in [0, 0.1) is 0 Å². The van der Waals surface area contributed by atoms with Crippen molar-refractivity contribution in [2.75, 3.05) is 0 Å². The van der Waals surface area contributed by atoms with Crippen LogP contribution >= 0.6 is 0 Å². The van der Waals surface area contributed by atoms with Crippen LogP contribution in [-0.2, 0) is 5.41 Å². The summed E-state index contributed by atoms with van der Waals surface area (Å²) in [5.74, 6) is 4.12. The van der Waals surface area contributed by atoms with Crippen LogP contribution in [0.2, 0.25) is 0 Å². The number of ether oxygens (including phenoxy) is 1. The van der Waals surface area contributed by atoms with E-state index < -0.39 is 5.41 Å². The number of nitrogens with zero attached hydrogens (tertiary/aromatic N) is 5. The summed E-state index contributed by atoms with van der Waals surface area (Å²) >= 11 is 0. The molecule has 0 saturated heterocycles. The van der Waals surface area contributed by atoms with Gasteiger partial charge in [0.15, 0.2) is 28.9 Å². The van der Waals surface area contributed by atoms with Gasteiger partial charge in [-0.2, -0.15) is 0 Å². The molecule has 9 aromatic carbocycles. The number of fused-ring (bicyclic) bond motifs is 12. The molecule has 2 aliphatic rings. The lowest BCUT2D eigenvalue weighted by Crippen LogP contribution is -2.32. The van der Waals surface area contributed by atoms with E-state index in [1.54, 1.807) is 0 Å². The van der Waals surface area contributed by atoms with Crippen molar-refractivity contribution in [3.05, 3.63) is 247 Å². The molecule has 1 spiro atoms. The first kappa shape index (κ1) is 38.9. The summed E-state index contributed by atoms with van der Waals surface area (Å²) in [6.07, 6.45) is 0. The molecule has 69 heavy (non-hydrogen) atoms. The summed E-state index contributed by atoms with van der Waals surface area (Å²) in [6.45, 7) is 0. The Kier molecular flexibility index (Phi) is 8.66. The highest BCUT2D eigenvalue weighted by atomic mass is 16.5. The van der Waals surface area contributed by atoms with Crippen LogP contribution in [0.4, 0.5) is 0 Å². The van der Waals surface area contributed by atoms with Gasteiger partial charge in [0.25, 0.3) is 0 Å². The second-order valence-corrected chi connectivity index (χ2v) is 17.5. The minimum atomic E-state index is -0.699. The summed E-state index contributed by atoms with van der Waals surface area (Å²) < 4.78 is 13.1. The van der Waals surface area contributed by atoms with Gasteiger partial charge in [0.2, 0.25) is 0 Å². The number of hydrogen-bond donors (Lipinski definition) is 0. The van der Waals surface area contributed by atoms with E-state index in [1.807, 2.05) is 109 Å². The number of rotatable bonds is 6. The first-order chi connectivity index (χ1) is 34.2. The minimum absolute atomic E-state index is 0.600. The van der Waals surface area contributed by atoms with E-state index in [0.717, 1.165) is 106 Å². The van der Waals surface area contributed by atoms with E-state index in [2.05, 4.69) is 115 Å². The fourth-order valence-corrected chi connectivity index (χ4v) is 10.6. The van der Waals surface area contributed by atoms with Crippen molar-refractivity contribution in [1.29, 1.82) is 0 Å². The highest BCUT2D eigenvalue weighted by Crippen LogP contribution is 2.63. The van der Waals surface area contributed by atoms with Gasteiger partial charge in [-0.05, 0) is 63.7 Å². The number of para-hydroxylation sites is 3. The molecule has 0 unspecified atom stereocenters. The molecule has 1 aliphatic carbocycles. The second-order valence-electron chi connectivity index (χ2n) is 17.5. The Bertz CT molecular complexity index is 3880. The maximum atomic E-state index is 6.70. The van der Waals surface area contributed by atoms with Crippen LogP contribution in [0.25, 0.3) is 101 Å². The van der Waals surface area contributed by atoms with Crippen molar-refractivity contribution < 1.29 is 9.15 Å². The fourth-order valence-electron chi connectivity index (χ4n) is 10.6. The van der Waals surface area contributed by atoms with E-state index in [0.29, 0.717) is 28.9 Å². The van der Waals surface area contributed by atoms with E-state index in [1.165, 1.54) is 0 Å². The lowest BCUT2D eigenvalue weighted by molar-refractivity contribution is 0.436. The Morgan fingerprint density at radius 1 is 0.333 bits per heavy atom. The Hall–Kier alpha value is -9.33. The van der Waals surface area contributed by atoms with Crippen molar-refractivity contribution in [3.63, 3.8) is 0 Å². The van der Waals surface area contributed by atoms with Crippen LogP contribution in [0.5, 0.6) is 11.5 Å². The quantitative estimate of drug-likeness (QED) is 0.164. The Labute approximate surface area is 397 Å². The van der Waals surface area contributed by atoms with Crippen molar-refractivity contribution >= 4 is 22.1 Å². The zero-order valence-electron chi connectivity index (χ0n) is 36.9. The van der Waals surface area contributed by atoms with Crippen molar-refractivity contribution in [3.8, 4) is 90.6 Å². The minimum Gasteiger partial charge on any atom is -0.457 e. The Morgan fingerprint density at radius 3 is 1.54 bits per heavy atom. The highest BCUT2D eigenvalue weighted by Gasteiger charge is 2.52. The van der Waals surface area contributed by atoms with E-state index in [-0.39, 0.29) is 0 Å². The van der Waals surface area contributed by atoms with Crippen molar-refractivity contribution in [1.82, 2.24) is 24.9 Å². The third kappa shape index (κ3) is 6.04. The zero-order chi connectivity index (χ0) is 45.5. The summed E-state index contributed by atoms with van der Waals surface area (Å²) in [5, 5.41) is 0.958. The van der Waals surface area contributed by atoms with Gasteiger partial charge in [-0.25, -0.2) is 24.9 Å². The van der Waals surface area contributed by atoms with Crippen LogP contribution in [0.1, 0.15) is 22.3 Å². The molecule has 7 nitrogen and oxygen atoms in total. The number of aromatic nitrogens is 5. The van der Waals surface area contributed by atoms with Crippen molar-refractivity contribution in [2.24, 2.45) is 0 Å². The summed E-state index contributed by atoms with van der Waals surface area (Å²) in [4.78, 5) is 25.9. The molecule has 0 atom stereocenters. The highest BCUT2D eigenvalue weighted by molar-refractivity contribution is 6.07. The maximum absolute atomic E-state index is 6.70. The van der Waals surface area contributed by atoms with Gasteiger partial charge < -0.3 is 9.15 Å². The first-order valence-corrected chi connectivity index (χ1v) is 23.1. The predicted molar refractivity (Wildman–Crippen MR) is 273 cm³/mol. The number of benzene rings is 9. The largest absolute Gasteiger partial charge is 0.457 e. The molecule has 3 aromatic heterocycles. The summed E-state index contributed by atoms with van der Waals surface area (Å²) in [7, 11) is 0. The molecule has 0 saturated carbocycles. The SMILES string of the molecule is c1ccc(-c2nc(-c3ccccc3)nc(-c3cccc4c3-c3cc(-c5ccc(-c6nc(-c7ccccc7)c7oc8ccccc8c7n6)cc5)ccc3C43c4ccccc4Oc4ccccc43)n2)cc1. The summed E-state index contributed by atoms with van der Waals surface area (Å²) in [5.41, 5.74) is 15.7. The molecule has 4 heterocycles. The third-order valence-corrected chi connectivity index (χ3v) is 13.6. The van der Waals surface area contributed by atoms with Crippen LogP contribution in [0.3, 0.4) is 0 Å². The van der Waals surface area contributed by atoms with Crippen LogP contribution < -0.4 is 4.74 Å². The standard InChI is InChI=1S/C62H37N5O2/c1-4-17-39(18-5-1)55-57-56(44-23-10-13-28-51(44)69-57)64-58(63-55)42-33-31-38(32-34-42)43-35-36-47-46(37-43)54-45(61-66-59(40-19-6-2-7-20-40)65-60(67-61)41-21-8-3-9-22-41)24-16-27-50(54)62(47)48-25-11-14-29-52(48)68-53-30-15-12-26-49(53)62/h1-37H. The van der Waals surface area contributed by atoms with Crippen LogP contribution in [-0.4, -0.2) is 24.9 Å². The molecule has 0 radical (unpaired) electrons. The van der Waals surface area contributed by atoms with Gasteiger partial charge in [0.1, 0.15) is 28.3 Å². The molecule has 0 N–H and O–H groups in total. The third-order valence-electron chi connectivity index (χ3n) is 13.6. The smallest absolute Gasteiger partial charge is 0.180 e. The average Bonchev–Trinajstić information content (AvgIpc) is 3.95. The van der Waals surface area contributed by atoms with Crippen molar-refractivity contribution in [2.45, 2.75) is 5.41 Å². The van der Waals surface area contributed by atoms with Gasteiger partial charge in [0, 0.05) is 44.3 Å². The first-order valence-electron chi connectivity index (χ1n) is 23.1. The van der Waals surface area contributed by atoms with E-state index in [9.17, 15) is 0 Å². The molecular weight excluding hydrogens is 847 g/mol. The molecule has 1 aliphatic heterocycles. The molecule has 7 heteroatoms. The maximum Gasteiger partial charge on any atom is 0.180 e. The molecule has 0 bridgehead atoms. The van der Waals surface area contributed by atoms with Gasteiger partial charge in [-0.3, -0.25) is 0 Å². The van der Waals surface area contributed by atoms with Crippen LogP contribution in [0.15, 0.2) is 229 Å². The monoisotopic (exact) mass is 883 g/mol. The molecule has 0 fully saturated rings. The molecule has 12 aromatic rings. The van der Waals surface area contributed by atoms with E-state index in [4.69, 9.17) is 34.1 Å². The fraction of sp³-hybridized carbons (Fsp3) is 0.0161. The topological polar surface area (TPSA) is 86.8 Å². The Morgan fingerprint density at radius 2 is 0.855 bits per heavy atom. The number of hydrogen-bond acceptors (Lipinski definition) is 7. The molecule has 322 valence electrons. The lowest BCUT2D eigenvalue weighted by Gasteiger charge is -2.39. The second kappa shape index (κ2) is 15.4. The molecular formula is C62H37N5O2. The Balaban J connectivity index is 0.971. The normalized spacial score (nSPS) is 12.9. The van der Waals surface area contributed by atoms with Gasteiger partial charge in [0.05, 0.1) is 5.41 Å². The predicted octanol–water partition coefficient (Wildman–Crippen LogP) is 15.0. The van der Waals surface area contributed by atoms with Gasteiger partial charge in [-0.1, -0.05) is 194 Å². The summed E-state index contributed by atoms with van der Waals surface area (Å²) in [6, 6.07) is 77.4. The van der Waals surface area contributed by atoms with Gasteiger partial charge in [-0.15, -0.1) is 0 Å². The lowest BCUT2D eigenvalue weighted by atomic mass is 9.66.